The lowest BCUT2D eigenvalue weighted by Crippen LogP contribution is -2.41. The lowest BCUT2D eigenvalue weighted by molar-refractivity contribution is -0.137. The molecule has 0 aliphatic carbocycles. The van der Waals surface area contributed by atoms with Crippen molar-refractivity contribution in [2.45, 2.75) is 38.0 Å². The van der Waals surface area contributed by atoms with Crippen molar-refractivity contribution in [2.24, 2.45) is 5.73 Å². The Kier molecular flexibility index (Phi) is 7.64. The maximum atomic E-state index is 14.0. The number of carbonyl (C=O) groups excluding carboxylic acids is 2. The maximum absolute atomic E-state index is 14.0. The summed E-state index contributed by atoms with van der Waals surface area (Å²) in [6, 6.07) is 18.2. The highest BCUT2D eigenvalue weighted by Gasteiger charge is 2.40. The van der Waals surface area contributed by atoms with Crippen LogP contribution in [-0.2, 0) is 15.8 Å². The van der Waals surface area contributed by atoms with E-state index in [2.05, 4.69) is 20.3 Å². The van der Waals surface area contributed by atoms with E-state index in [-0.39, 0.29) is 23.2 Å². The second-order valence-corrected chi connectivity index (χ2v) is 11.2. The lowest BCUT2D eigenvalue weighted by Gasteiger charge is -2.33. The van der Waals surface area contributed by atoms with E-state index in [0.717, 1.165) is 22.4 Å². The van der Waals surface area contributed by atoms with E-state index < -0.39 is 29.7 Å². The van der Waals surface area contributed by atoms with Gasteiger partial charge in [-0.05, 0) is 42.7 Å². The highest BCUT2D eigenvalue weighted by molar-refractivity contribution is 7.22. The first kappa shape index (κ1) is 29.1. The average Bonchev–Trinajstić information content (AvgIpc) is 3.62. The van der Waals surface area contributed by atoms with Crippen LogP contribution in [-0.4, -0.2) is 32.8 Å². The summed E-state index contributed by atoms with van der Waals surface area (Å²) in [5, 5.41) is 3.07. The summed E-state index contributed by atoms with van der Waals surface area (Å²) in [6.07, 6.45) is -2.48. The Bertz CT molecular complexity index is 1860. The van der Waals surface area contributed by atoms with Crippen LogP contribution in [0, 0.1) is 0 Å². The number of halogens is 3. The second-order valence-electron chi connectivity index (χ2n) is 10.2. The van der Waals surface area contributed by atoms with E-state index in [1.165, 1.54) is 36.7 Å². The summed E-state index contributed by atoms with van der Waals surface area (Å²) >= 11 is 1.28. The molecule has 2 aromatic heterocycles. The SMILES string of the molecule is CC(=O)Nc1nc2c(Oc3cc(-c4ccc(C(F)(F)F)cc4N4[C@@H](c5ccccc5)CC[C@H]4C(N)=O)ncn3)cccc2s1. The van der Waals surface area contributed by atoms with Gasteiger partial charge in [-0.15, -0.1) is 0 Å². The molecule has 13 heteroatoms. The van der Waals surface area contributed by atoms with Crippen molar-refractivity contribution in [3.05, 3.63) is 90.3 Å². The fourth-order valence-electron chi connectivity index (χ4n) is 5.43. The maximum Gasteiger partial charge on any atom is 0.416 e. The molecule has 1 aliphatic heterocycles. The van der Waals surface area contributed by atoms with Crippen molar-refractivity contribution in [2.75, 3.05) is 10.2 Å². The van der Waals surface area contributed by atoms with Crippen LogP contribution in [0.25, 0.3) is 21.5 Å². The molecule has 9 nitrogen and oxygen atoms in total. The van der Waals surface area contributed by atoms with Crippen molar-refractivity contribution >= 4 is 44.2 Å². The van der Waals surface area contributed by atoms with Gasteiger partial charge >= 0.3 is 6.18 Å². The number of benzene rings is 3. The third-order valence-corrected chi connectivity index (χ3v) is 8.23. The van der Waals surface area contributed by atoms with Crippen molar-refractivity contribution in [1.29, 1.82) is 0 Å². The molecule has 0 bridgehead atoms. The minimum atomic E-state index is -4.63. The number of rotatable bonds is 7. The van der Waals surface area contributed by atoms with E-state index in [1.54, 1.807) is 17.0 Å². The summed E-state index contributed by atoms with van der Waals surface area (Å²) < 4.78 is 48.8. The van der Waals surface area contributed by atoms with Gasteiger partial charge in [-0.2, -0.15) is 13.2 Å². The number of nitrogens with two attached hydrogens (primary N) is 1. The molecule has 1 saturated heterocycles. The Morgan fingerprint density at radius 1 is 1.02 bits per heavy atom. The van der Waals surface area contributed by atoms with Gasteiger partial charge in [-0.3, -0.25) is 9.59 Å². The third kappa shape index (κ3) is 5.78. The molecule has 2 amide bonds. The van der Waals surface area contributed by atoms with E-state index in [4.69, 9.17) is 10.5 Å². The van der Waals surface area contributed by atoms with Crippen molar-refractivity contribution < 1.29 is 27.5 Å². The van der Waals surface area contributed by atoms with Gasteiger partial charge in [0, 0.05) is 24.2 Å². The summed E-state index contributed by atoms with van der Waals surface area (Å²) in [4.78, 5) is 38.8. The Morgan fingerprint density at radius 2 is 1.82 bits per heavy atom. The number of nitrogens with one attached hydrogen (secondary N) is 1. The molecule has 1 aliphatic rings. The first-order chi connectivity index (χ1) is 21.1. The number of hydrogen-bond donors (Lipinski definition) is 2. The topological polar surface area (TPSA) is 123 Å². The fraction of sp³-hybridized carbons (Fsp3) is 0.194. The number of aromatic nitrogens is 3. The van der Waals surface area contributed by atoms with E-state index in [9.17, 15) is 22.8 Å². The van der Waals surface area contributed by atoms with Crippen LogP contribution in [0.2, 0.25) is 0 Å². The lowest BCUT2D eigenvalue weighted by atomic mass is 10.0. The van der Waals surface area contributed by atoms with Gasteiger partial charge in [0.25, 0.3) is 0 Å². The summed E-state index contributed by atoms with van der Waals surface area (Å²) in [7, 11) is 0. The number of para-hydroxylation sites is 1. The minimum absolute atomic E-state index is 0.120. The van der Waals surface area contributed by atoms with Gasteiger partial charge in [0.15, 0.2) is 10.9 Å². The highest BCUT2D eigenvalue weighted by Crippen LogP contribution is 2.46. The molecule has 0 unspecified atom stereocenters. The molecular formula is C31H25F3N6O3S. The number of anilines is 2. The Labute approximate surface area is 253 Å². The van der Waals surface area contributed by atoms with Gasteiger partial charge in [-0.25, -0.2) is 15.0 Å². The zero-order valence-corrected chi connectivity index (χ0v) is 24.0. The minimum Gasteiger partial charge on any atom is -0.437 e. The van der Waals surface area contributed by atoms with Crippen LogP contribution >= 0.6 is 11.3 Å². The average molecular weight is 619 g/mol. The Hall–Kier alpha value is -5.04. The molecule has 1 fully saturated rings. The van der Waals surface area contributed by atoms with Crippen molar-refractivity contribution in [3.63, 3.8) is 0 Å². The van der Waals surface area contributed by atoms with Crippen LogP contribution < -0.4 is 20.7 Å². The molecule has 3 heterocycles. The molecule has 2 atom stereocenters. The predicted octanol–water partition coefficient (Wildman–Crippen LogP) is 6.72. The van der Waals surface area contributed by atoms with Crippen molar-refractivity contribution in [3.8, 4) is 22.9 Å². The number of nitrogens with zero attached hydrogens (tertiary/aromatic N) is 4. The second kappa shape index (κ2) is 11.6. The van der Waals surface area contributed by atoms with Gasteiger partial charge in [-0.1, -0.05) is 53.8 Å². The van der Waals surface area contributed by atoms with Crippen LogP contribution in [0.3, 0.4) is 0 Å². The van der Waals surface area contributed by atoms with Gasteiger partial charge in [0.2, 0.25) is 17.7 Å². The number of carbonyl (C=O) groups is 2. The number of primary amides is 1. The summed E-state index contributed by atoms with van der Waals surface area (Å²) in [5.74, 6) is -0.404. The number of amides is 2. The Morgan fingerprint density at radius 3 is 2.55 bits per heavy atom. The van der Waals surface area contributed by atoms with Crippen molar-refractivity contribution in [1.82, 2.24) is 15.0 Å². The zero-order chi connectivity index (χ0) is 31.0. The molecular weight excluding hydrogens is 593 g/mol. The van der Waals surface area contributed by atoms with Gasteiger partial charge in [0.1, 0.15) is 17.9 Å². The van der Waals surface area contributed by atoms with Crippen LogP contribution in [0.1, 0.15) is 36.9 Å². The van der Waals surface area contributed by atoms with Gasteiger partial charge in [0.05, 0.1) is 22.0 Å². The van der Waals surface area contributed by atoms with Crippen LogP contribution in [0.15, 0.2) is 79.1 Å². The quantitative estimate of drug-likeness (QED) is 0.208. The molecule has 44 heavy (non-hydrogen) atoms. The molecule has 6 rings (SSSR count). The van der Waals surface area contributed by atoms with E-state index in [0.29, 0.717) is 34.8 Å². The molecule has 3 N–H and O–H groups in total. The molecule has 0 saturated carbocycles. The monoisotopic (exact) mass is 618 g/mol. The number of ether oxygens (including phenoxy) is 1. The first-order valence-electron chi connectivity index (χ1n) is 13.6. The molecule has 3 aromatic carbocycles. The third-order valence-electron chi connectivity index (χ3n) is 7.30. The Balaban J connectivity index is 1.44. The number of thiazole rings is 1. The standard InChI is InChI=1S/C31H25F3N6O3S/c1-17(41)38-30-39-28-25(8-5-9-26(28)44-30)43-27-15-21(36-16-37-27)20-11-10-19(31(32,33)34)14-24(20)40-22(12-13-23(40)29(35)42)18-6-3-2-4-7-18/h2-11,14-16,22-23H,12-13H2,1H3,(H2,35,42)(H,38,39,41)/t22-,23+/m1/s1. The number of alkyl halides is 3. The molecule has 0 radical (unpaired) electrons. The first-order valence-corrected chi connectivity index (χ1v) is 14.4. The fourth-order valence-corrected chi connectivity index (χ4v) is 6.36. The largest absolute Gasteiger partial charge is 0.437 e. The molecule has 224 valence electrons. The smallest absolute Gasteiger partial charge is 0.416 e. The predicted molar refractivity (Wildman–Crippen MR) is 160 cm³/mol. The van der Waals surface area contributed by atoms with E-state index >= 15 is 0 Å². The van der Waals surface area contributed by atoms with E-state index in [1.807, 2.05) is 36.4 Å². The summed E-state index contributed by atoms with van der Waals surface area (Å²) in [5.41, 5.74) is 7.07. The zero-order valence-electron chi connectivity index (χ0n) is 23.2. The summed E-state index contributed by atoms with van der Waals surface area (Å²) in [6.45, 7) is 1.39. The normalized spacial score (nSPS) is 16.7. The molecule has 0 spiro atoms. The van der Waals surface area contributed by atoms with Gasteiger partial charge < -0.3 is 20.7 Å². The highest BCUT2D eigenvalue weighted by atomic mass is 32.1. The number of fused-ring (bicyclic) bond motifs is 1. The van der Waals surface area contributed by atoms with Crippen LogP contribution in [0.4, 0.5) is 24.0 Å². The van der Waals surface area contributed by atoms with Crippen LogP contribution in [0.5, 0.6) is 11.6 Å². The molecule has 5 aromatic rings. The number of hydrogen-bond acceptors (Lipinski definition) is 8.